The van der Waals surface area contributed by atoms with Crippen LogP contribution in [0.3, 0.4) is 0 Å². The molecule has 0 radical (unpaired) electrons. The lowest BCUT2D eigenvalue weighted by molar-refractivity contribution is -0.227. The van der Waals surface area contributed by atoms with E-state index in [1.807, 2.05) is 20.8 Å². The molecular weight excluding hydrogens is 523 g/mol. The molecule has 3 saturated carbocycles. The van der Waals surface area contributed by atoms with Gasteiger partial charge in [-0.3, -0.25) is 19.2 Å². The fourth-order valence-corrected chi connectivity index (χ4v) is 9.12. The molecule has 0 aromatic heterocycles. The lowest BCUT2D eigenvalue weighted by Gasteiger charge is -2.62. The molecule has 0 saturated heterocycles. The van der Waals surface area contributed by atoms with Crippen molar-refractivity contribution in [3.05, 3.63) is 23.8 Å². The van der Waals surface area contributed by atoms with Crippen LogP contribution >= 0.6 is 11.8 Å². The van der Waals surface area contributed by atoms with E-state index in [9.17, 15) is 24.3 Å². The summed E-state index contributed by atoms with van der Waals surface area (Å²) in [6.45, 7) is 9.30. The Kier molecular flexibility index (Phi) is 8.27. The number of rotatable bonds is 9. The first-order chi connectivity index (χ1) is 18.3. The highest BCUT2D eigenvalue weighted by Gasteiger charge is 2.77. The van der Waals surface area contributed by atoms with Crippen LogP contribution in [0.5, 0.6) is 0 Å². The molecule has 1 N–H and O–H groups in total. The summed E-state index contributed by atoms with van der Waals surface area (Å²) in [6, 6.07) is 0. The Hall–Kier alpha value is -2.00. The van der Waals surface area contributed by atoms with Crippen molar-refractivity contribution in [1.29, 1.82) is 0 Å². The van der Waals surface area contributed by atoms with Crippen LogP contribution in [0.1, 0.15) is 73.1 Å². The first-order valence-corrected chi connectivity index (χ1v) is 15.3. The van der Waals surface area contributed by atoms with Gasteiger partial charge in [-0.1, -0.05) is 32.4 Å². The van der Waals surface area contributed by atoms with E-state index in [-0.39, 0.29) is 48.4 Å². The molecule has 0 bridgehead atoms. The van der Waals surface area contributed by atoms with Crippen molar-refractivity contribution in [2.24, 2.45) is 28.6 Å². The van der Waals surface area contributed by atoms with E-state index in [0.717, 1.165) is 11.8 Å². The number of carbonyl (C=O) groups is 4. The number of aliphatic hydroxyl groups is 1. The molecule has 9 heteroatoms. The first-order valence-electron chi connectivity index (χ1n) is 14.1. The zero-order chi connectivity index (χ0) is 28.8. The van der Waals surface area contributed by atoms with E-state index < -0.39 is 52.0 Å². The number of ketones is 2. The lowest BCUT2D eigenvalue weighted by atomic mass is 9.44. The summed E-state index contributed by atoms with van der Waals surface area (Å²) in [5.74, 6) is -2.83. The standard InChI is InChI=1S/C30H41FO7S/c1-6-8-25(35)38-30(24(34)16-39-17-26(36)37-7-2)18(3)13-22-21-10-9-19-14-20(32)11-12-27(19,4)29(21,31)23(33)15-28(22,30)5/h11-12,14,18,21-23,33H,6-10,13,15-17H2,1-5H3/t18-,21-,22-,23-,27-,28-,29-,30-/m0/s1. The van der Waals surface area contributed by atoms with Crippen LogP contribution in [-0.2, 0) is 28.7 Å². The van der Waals surface area contributed by atoms with Crippen molar-refractivity contribution in [2.45, 2.75) is 90.5 Å². The molecule has 0 heterocycles. The Morgan fingerprint density at radius 2 is 1.87 bits per heavy atom. The largest absolute Gasteiger partial charge is 0.465 e. The minimum absolute atomic E-state index is 0.00947. The Labute approximate surface area is 234 Å². The van der Waals surface area contributed by atoms with E-state index in [1.54, 1.807) is 19.9 Å². The molecule has 216 valence electrons. The minimum atomic E-state index is -2.04. The van der Waals surface area contributed by atoms with Gasteiger partial charge in [0.25, 0.3) is 0 Å². The van der Waals surface area contributed by atoms with Crippen LogP contribution < -0.4 is 0 Å². The molecule has 4 aliphatic rings. The van der Waals surface area contributed by atoms with E-state index >= 15 is 4.39 Å². The van der Waals surface area contributed by atoms with Gasteiger partial charge in [-0.05, 0) is 64.0 Å². The molecule has 0 aromatic carbocycles. The van der Waals surface area contributed by atoms with Gasteiger partial charge in [-0.2, -0.15) is 0 Å². The van der Waals surface area contributed by atoms with Gasteiger partial charge in [0.05, 0.1) is 24.2 Å². The number of Topliss-reactive ketones (excluding diaryl/α,β-unsaturated/α-hetero) is 1. The summed E-state index contributed by atoms with van der Waals surface area (Å²) < 4.78 is 28.6. The SMILES string of the molecule is CCCC(=O)O[C@]1(C(=O)CSCC(=O)OCC)[C@@H](C)C[C@H]2[C@@H]3CCC4=CC(=O)C=C[C@]4(C)[C@@]3(F)[C@@H](O)C[C@@]21C. The number of hydrogen-bond acceptors (Lipinski definition) is 8. The second-order valence-electron chi connectivity index (χ2n) is 12.1. The molecule has 0 aromatic rings. The maximum absolute atomic E-state index is 17.5. The molecule has 4 aliphatic carbocycles. The molecule has 8 atom stereocenters. The summed E-state index contributed by atoms with van der Waals surface area (Å²) in [5.41, 5.74) is -5.05. The molecule has 7 nitrogen and oxygen atoms in total. The van der Waals surface area contributed by atoms with Gasteiger partial charge >= 0.3 is 11.9 Å². The fraction of sp³-hybridized carbons (Fsp3) is 0.733. The molecule has 0 unspecified atom stereocenters. The first kappa shape index (κ1) is 30.0. The monoisotopic (exact) mass is 564 g/mol. The van der Waals surface area contributed by atoms with Gasteiger partial charge in [0, 0.05) is 29.1 Å². The highest BCUT2D eigenvalue weighted by atomic mass is 32.2. The van der Waals surface area contributed by atoms with Gasteiger partial charge in [-0.15, -0.1) is 11.8 Å². The lowest BCUT2D eigenvalue weighted by Crippen LogP contribution is -2.70. The number of aliphatic hydroxyl groups excluding tert-OH is 1. The normalized spacial score (nSPS) is 40.7. The third-order valence-electron chi connectivity index (χ3n) is 10.1. The zero-order valence-corrected chi connectivity index (χ0v) is 24.4. The number of fused-ring (bicyclic) bond motifs is 5. The average molecular weight is 565 g/mol. The predicted octanol–water partition coefficient (Wildman–Crippen LogP) is 4.55. The van der Waals surface area contributed by atoms with Crippen molar-refractivity contribution in [2.75, 3.05) is 18.1 Å². The second kappa shape index (κ2) is 10.8. The van der Waals surface area contributed by atoms with Gasteiger partial charge in [-0.25, -0.2) is 4.39 Å². The highest BCUT2D eigenvalue weighted by molar-refractivity contribution is 8.00. The molecular formula is C30H41FO7S. The number of thioether (sulfide) groups is 1. The number of halogens is 1. The number of esters is 2. The van der Waals surface area contributed by atoms with Crippen molar-refractivity contribution < 1.29 is 38.1 Å². The molecule has 3 fully saturated rings. The Morgan fingerprint density at radius 3 is 2.54 bits per heavy atom. The summed E-state index contributed by atoms with van der Waals surface area (Å²) in [4.78, 5) is 51.1. The number of ether oxygens (including phenoxy) is 2. The molecule has 39 heavy (non-hydrogen) atoms. The Bertz CT molecular complexity index is 1100. The number of allylic oxidation sites excluding steroid dienone is 4. The van der Waals surface area contributed by atoms with Crippen LogP contribution in [0.2, 0.25) is 0 Å². The van der Waals surface area contributed by atoms with Gasteiger partial charge in [0.2, 0.25) is 0 Å². The van der Waals surface area contributed by atoms with Crippen molar-refractivity contribution in [3.63, 3.8) is 0 Å². The van der Waals surface area contributed by atoms with Crippen molar-refractivity contribution in [1.82, 2.24) is 0 Å². The summed E-state index contributed by atoms with van der Waals surface area (Å²) in [6.07, 6.45) is 5.07. The summed E-state index contributed by atoms with van der Waals surface area (Å²) in [5, 5.41) is 11.7. The van der Waals surface area contributed by atoms with Crippen LogP contribution in [-0.4, -0.2) is 64.1 Å². The smallest absolute Gasteiger partial charge is 0.315 e. The van der Waals surface area contributed by atoms with E-state index in [2.05, 4.69) is 0 Å². The zero-order valence-electron chi connectivity index (χ0n) is 23.6. The van der Waals surface area contributed by atoms with Crippen LogP contribution in [0.15, 0.2) is 23.8 Å². The quantitative estimate of drug-likeness (QED) is 0.407. The van der Waals surface area contributed by atoms with Crippen LogP contribution in [0.25, 0.3) is 0 Å². The van der Waals surface area contributed by atoms with Gasteiger partial charge < -0.3 is 14.6 Å². The van der Waals surface area contributed by atoms with Crippen LogP contribution in [0.4, 0.5) is 4.39 Å². The third-order valence-corrected chi connectivity index (χ3v) is 11.0. The Balaban J connectivity index is 1.73. The minimum Gasteiger partial charge on any atom is -0.465 e. The molecule has 0 amide bonds. The van der Waals surface area contributed by atoms with Crippen molar-refractivity contribution >= 4 is 35.3 Å². The molecule has 0 aliphatic heterocycles. The van der Waals surface area contributed by atoms with E-state index in [4.69, 9.17) is 9.47 Å². The summed E-state index contributed by atoms with van der Waals surface area (Å²) >= 11 is 1.11. The average Bonchev–Trinajstić information content (AvgIpc) is 3.07. The predicted molar refractivity (Wildman–Crippen MR) is 146 cm³/mol. The summed E-state index contributed by atoms with van der Waals surface area (Å²) in [7, 11) is 0. The number of alkyl halides is 1. The molecule has 0 spiro atoms. The second-order valence-corrected chi connectivity index (χ2v) is 13.1. The van der Waals surface area contributed by atoms with E-state index in [0.29, 0.717) is 31.3 Å². The number of carbonyl (C=O) groups excluding carboxylic acids is 4. The Morgan fingerprint density at radius 1 is 1.15 bits per heavy atom. The third kappa shape index (κ3) is 4.42. The van der Waals surface area contributed by atoms with Crippen molar-refractivity contribution in [3.8, 4) is 0 Å². The molecule has 4 rings (SSSR count). The fourth-order valence-electron chi connectivity index (χ4n) is 8.37. The van der Waals surface area contributed by atoms with E-state index in [1.165, 1.54) is 12.2 Å². The number of hydrogen-bond donors (Lipinski definition) is 1. The van der Waals surface area contributed by atoms with Crippen LogP contribution in [0, 0.1) is 28.6 Å². The van der Waals surface area contributed by atoms with Gasteiger partial charge in [0.1, 0.15) is 0 Å². The topological polar surface area (TPSA) is 107 Å². The highest BCUT2D eigenvalue weighted by Crippen LogP contribution is 2.71. The van der Waals surface area contributed by atoms with Gasteiger partial charge in [0.15, 0.2) is 22.8 Å². The maximum Gasteiger partial charge on any atom is 0.315 e. The maximum atomic E-state index is 17.5.